The van der Waals surface area contributed by atoms with E-state index in [0.717, 1.165) is 0 Å². The van der Waals surface area contributed by atoms with Crippen LogP contribution in [-0.2, 0) is 33.4 Å². The van der Waals surface area contributed by atoms with E-state index in [1.165, 1.54) is 6.92 Å². The van der Waals surface area contributed by atoms with Gasteiger partial charge in [-0.1, -0.05) is 6.58 Å². The lowest BCUT2D eigenvalue weighted by Crippen LogP contribution is -2.61. The van der Waals surface area contributed by atoms with Gasteiger partial charge >= 0.3 is 17.9 Å². The van der Waals surface area contributed by atoms with Gasteiger partial charge in [-0.25, -0.2) is 4.79 Å². The fourth-order valence-corrected chi connectivity index (χ4v) is 3.68. The predicted octanol–water partition coefficient (Wildman–Crippen LogP) is 2.56. The Bertz CT molecular complexity index is 579. The molecule has 1 saturated heterocycles. The van der Waals surface area contributed by atoms with Crippen LogP contribution < -0.4 is 0 Å². The molecule has 0 aromatic rings. The zero-order valence-corrected chi connectivity index (χ0v) is 17.8. The van der Waals surface area contributed by atoms with E-state index in [9.17, 15) is 14.4 Å². The minimum atomic E-state index is -0.543. The molecule has 1 heterocycles. The van der Waals surface area contributed by atoms with Crippen molar-refractivity contribution in [3.8, 4) is 0 Å². The summed E-state index contributed by atoms with van der Waals surface area (Å²) in [5, 5.41) is 1.93. The van der Waals surface area contributed by atoms with Crippen molar-refractivity contribution in [1.82, 2.24) is 5.06 Å². The quantitative estimate of drug-likeness (QED) is 0.253. The molecule has 0 bridgehead atoms. The summed E-state index contributed by atoms with van der Waals surface area (Å²) >= 11 is 0. The molecule has 8 heteroatoms. The van der Waals surface area contributed by atoms with Crippen LogP contribution in [0.4, 0.5) is 0 Å². The monoisotopic (exact) mass is 399 g/mol. The SMILES string of the molecule is C=C(C)C(=O)OCCOC(=O)CCC(=O)OC1CC(C)(C)N(OC)C(C)(C)C1. The molecule has 0 amide bonds. The van der Waals surface area contributed by atoms with Crippen LogP contribution in [0.3, 0.4) is 0 Å². The highest BCUT2D eigenvalue weighted by molar-refractivity contribution is 5.86. The fourth-order valence-electron chi connectivity index (χ4n) is 3.68. The molecule has 0 aromatic heterocycles. The number of rotatable bonds is 9. The fraction of sp³-hybridized carbons (Fsp3) is 0.750. The summed E-state index contributed by atoms with van der Waals surface area (Å²) in [6, 6.07) is 0. The van der Waals surface area contributed by atoms with E-state index in [1.54, 1.807) is 7.11 Å². The van der Waals surface area contributed by atoms with Crippen molar-refractivity contribution in [1.29, 1.82) is 0 Å². The van der Waals surface area contributed by atoms with Gasteiger partial charge in [-0.3, -0.25) is 9.59 Å². The van der Waals surface area contributed by atoms with E-state index in [2.05, 4.69) is 6.58 Å². The molecule has 0 radical (unpaired) electrons. The molecular formula is C20H33NO7. The topological polar surface area (TPSA) is 91.4 Å². The molecule has 0 saturated carbocycles. The van der Waals surface area contributed by atoms with Crippen LogP contribution in [-0.4, -0.2) is 60.5 Å². The summed E-state index contributed by atoms with van der Waals surface area (Å²) < 4.78 is 15.3. The van der Waals surface area contributed by atoms with Gasteiger partial charge in [0, 0.05) is 29.5 Å². The number of carbonyl (C=O) groups is 3. The Hall–Kier alpha value is -1.93. The zero-order valence-electron chi connectivity index (χ0n) is 17.8. The van der Waals surface area contributed by atoms with Crippen LogP contribution >= 0.6 is 0 Å². The minimum absolute atomic E-state index is 0.0515. The molecule has 1 fully saturated rings. The first kappa shape index (κ1) is 24.1. The number of hydroxylamine groups is 2. The number of hydrogen-bond donors (Lipinski definition) is 0. The van der Waals surface area contributed by atoms with Crippen molar-refractivity contribution in [2.75, 3.05) is 20.3 Å². The summed E-state index contributed by atoms with van der Waals surface area (Å²) in [5.74, 6) is -1.52. The highest BCUT2D eigenvalue weighted by Gasteiger charge is 2.47. The number of ether oxygens (including phenoxy) is 3. The normalized spacial score (nSPS) is 18.9. The van der Waals surface area contributed by atoms with Gasteiger partial charge in [0.25, 0.3) is 0 Å². The van der Waals surface area contributed by atoms with Crippen molar-refractivity contribution in [3.63, 3.8) is 0 Å². The first-order valence-electron chi connectivity index (χ1n) is 9.41. The Morgan fingerprint density at radius 3 is 1.96 bits per heavy atom. The van der Waals surface area contributed by atoms with Crippen LogP contribution in [0.15, 0.2) is 12.2 Å². The second-order valence-electron chi connectivity index (χ2n) is 8.26. The largest absolute Gasteiger partial charge is 0.462 e. The highest BCUT2D eigenvalue weighted by atomic mass is 16.7. The van der Waals surface area contributed by atoms with Crippen LogP contribution in [0.1, 0.15) is 60.3 Å². The molecule has 0 N–H and O–H groups in total. The third kappa shape index (κ3) is 7.24. The van der Waals surface area contributed by atoms with Crippen LogP contribution in [0.25, 0.3) is 0 Å². The summed E-state index contributed by atoms with van der Waals surface area (Å²) in [6.45, 7) is 13.0. The molecule has 0 atom stereocenters. The smallest absolute Gasteiger partial charge is 0.333 e. The third-order valence-electron chi connectivity index (χ3n) is 4.50. The maximum Gasteiger partial charge on any atom is 0.333 e. The molecule has 0 spiro atoms. The van der Waals surface area contributed by atoms with Crippen molar-refractivity contribution >= 4 is 17.9 Å². The van der Waals surface area contributed by atoms with Crippen molar-refractivity contribution < 1.29 is 33.4 Å². The Kier molecular flexibility index (Phi) is 8.63. The maximum absolute atomic E-state index is 12.1. The van der Waals surface area contributed by atoms with E-state index in [-0.39, 0.29) is 48.8 Å². The highest BCUT2D eigenvalue weighted by Crippen LogP contribution is 2.39. The van der Waals surface area contributed by atoms with Crippen LogP contribution in [0.5, 0.6) is 0 Å². The standard InChI is InChI=1S/C20H33NO7/c1-14(2)18(24)27-11-10-26-16(22)8-9-17(23)28-15-12-19(3,4)21(25-7)20(5,6)13-15/h15H,1,8-13H2,2-7H3. The van der Waals surface area contributed by atoms with Crippen molar-refractivity contribution in [2.24, 2.45) is 0 Å². The number of carbonyl (C=O) groups excluding carboxylic acids is 3. The summed E-state index contributed by atoms with van der Waals surface area (Å²) in [6.07, 6.45) is 0.872. The average molecular weight is 399 g/mol. The Morgan fingerprint density at radius 1 is 0.964 bits per heavy atom. The van der Waals surface area contributed by atoms with Gasteiger partial charge < -0.3 is 19.0 Å². The molecule has 1 aliphatic heterocycles. The molecule has 0 unspecified atom stereocenters. The van der Waals surface area contributed by atoms with Crippen LogP contribution in [0.2, 0.25) is 0 Å². The molecule has 1 rings (SSSR count). The van der Waals surface area contributed by atoms with Crippen molar-refractivity contribution in [2.45, 2.75) is 77.5 Å². The summed E-state index contributed by atoms with van der Waals surface area (Å²) in [4.78, 5) is 40.5. The predicted molar refractivity (Wildman–Crippen MR) is 102 cm³/mol. The molecule has 160 valence electrons. The Morgan fingerprint density at radius 2 is 1.46 bits per heavy atom. The number of esters is 3. The van der Waals surface area contributed by atoms with Gasteiger partial charge in [-0.2, -0.15) is 5.06 Å². The molecule has 0 aliphatic carbocycles. The van der Waals surface area contributed by atoms with Crippen LogP contribution in [0, 0.1) is 0 Å². The average Bonchev–Trinajstić information content (AvgIpc) is 2.54. The lowest BCUT2D eigenvalue weighted by Gasteiger charge is -2.52. The minimum Gasteiger partial charge on any atom is -0.462 e. The van der Waals surface area contributed by atoms with Crippen molar-refractivity contribution in [3.05, 3.63) is 12.2 Å². The second kappa shape index (κ2) is 10.0. The third-order valence-corrected chi connectivity index (χ3v) is 4.50. The van der Waals surface area contributed by atoms with E-state index in [0.29, 0.717) is 12.8 Å². The summed E-state index contributed by atoms with van der Waals surface area (Å²) in [7, 11) is 1.64. The first-order valence-corrected chi connectivity index (χ1v) is 9.41. The van der Waals surface area contributed by atoms with E-state index in [4.69, 9.17) is 19.0 Å². The molecule has 1 aliphatic rings. The molecule has 0 aromatic carbocycles. The summed E-state index contributed by atoms with van der Waals surface area (Å²) in [5.41, 5.74) is -0.305. The Labute approximate surface area is 167 Å². The molecular weight excluding hydrogens is 366 g/mol. The number of hydrogen-bond acceptors (Lipinski definition) is 8. The van der Waals surface area contributed by atoms with E-state index < -0.39 is 17.9 Å². The Balaban J connectivity index is 2.35. The van der Waals surface area contributed by atoms with Gasteiger partial charge in [-0.15, -0.1) is 0 Å². The van der Waals surface area contributed by atoms with E-state index in [1.807, 2.05) is 32.8 Å². The zero-order chi connectivity index (χ0) is 21.5. The van der Waals surface area contributed by atoms with Gasteiger partial charge in [0.2, 0.25) is 0 Å². The molecule has 28 heavy (non-hydrogen) atoms. The first-order chi connectivity index (χ1) is 12.9. The number of nitrogens with zero attached hydrogens (tertiary/aromatic N) is 1. The van der Waals surface area contributed by atoms with Gasteiger partial charge in [-0.05, 0) is 34.6 Å². The number of piperidine rings is 1. The second-order valence-corrected chi connectivity index (χ2v) is 8.26. The van der Waals surface area contributed by atoms with E-state index >= 15 is 0 Å². The van der Waals surface area contributed by atoms with Gasteiger partial charge in [0.1, 0.15) is 19.3 Å². The lowest BCUT2D eigenvalue weighted by atomic mass is 9.80. The van der Waals surface area contributed by atoms with Gasteiger partial charge in [0.15, 0.2) is 0 Å². The maximum atomic E-state index is 12.1. The molecule has 8 nitrogen and oxygen atoms in total. The lowest BCUT2D eigenvalue weighted by molar-refractivity contribution is -0.278. The van der Waals surface area contributed by atoms with Gasteiger partial charge in [0.05, 0.1) is 20.0 Å².